The van der Waals surface area contributed by atoms with E-state index in [-0.39, 0.29) is 25.1 Å². The lowest BCUT2D eigenvalue weighted by Crippen LogP contribution is -2.40. The summed E-state index contributed by atoms with van der Waals surface area (Å²) < 4.78 is 0. The first-order valence-electron chi connectivity index (χ1n) is 7.19. The van der Waals surface area contributed by atoms with Crippen LogP contribution >= 0.6 is 0 Å². The van der Waals surface area contributed by atoms with Crippen LogP contribution in [0.25, 0.3) is 0 Å². The second-order valence-electron chi connectivity index (χ2n) is 4.66. The first kappa shape index (κ1) is 23.3. The fourth-order valence-corrected chi connectivity index (χ4v) is 1.34. The van der Waals surface area contributed by atoms with Gasteiger partial charge in [0.05, 0.1) is 0 Å². The summed E-state index contributed by atoms with van der Waals surface area (Å²) in [6.45, 7) is -0.159. The average molecular weight is 395 g/mol. The molecule has 0 saturated carbocycles. The van der Waals surface area contributed by atoms with Crippen LogP contribution in [0.5, 0.6) is 0 Å². The third kappa shape index (κ3) is 13.3. The molecule has 16 heteroatoms. The predicted octanol–water partition coefficient (Wildman–Crippen LogP) is -1.15. The molecule has 152 valence electrons. The number of carboxylic acid groups (broad SMARTS) is 1. The van der Waals surface area contributed by atoms with E-state index >= 15 is 0 Å². The van der Waals surface area contributed by atoms with E-state index in [1.807, 2.05) is 0 Å². The lowest BCUT2D eigenvalue weighted by Gasteiger charge is -2.14. The minimum absolute atomic E-state index is 0.0161. The van der Waals surface area contributed by atoms with Crippen LogP contribution in [0.3, 0.4) is 0 Å². The Kier molecular flexibility index (Phi) is 10.9. The van der Waals surface area contributed by atoms with Gasteiger partial charge in [-0.3, -0.25) is 14.4 Å². The van der Waals surface area contributed by atoms with Crippen molar-refractivity contribution in [2.24, 2.45) is 5.16 Å². The largest absolute Gasteiger partial charge is 0.481 e. The highest BCUT2D eigenvalue weighted by molar-refractivity contribution is 6.37. The molecule has 3 N–H and O–H groups in total. The first-order valence-corrected chi connectivity index (χ1v) is 7.19. The monoisotopic (exact) mass is 395 g/mol. The van der Waals surface area contributed by atoms with Crippen LogP contribution in [-0.4, -0.2) is 64.8 Å². The molecule has 0 saturated heterocycles. The summed E-state index contributed by atoms with van der Waals surface area (Å²) >= 11 is 0. The zero-order valence-corrected chi connectivity index (χ0v) is 14.0. The van der Waals surface area contributed by atoms with Crippen LogP contribution in [0.15, 0.2) is 5.16 Å². The van der Waals surface area contributed by atoms with Crippen molar-refractivity contribution in [3.63, 3.8) is 0 Å². The molecular formula is C11H17N5O11. The number of aliphatic carboxylic acids is 1. The summed E-state index contributed by atoms with van der Waals surface area (Å²) in [5.41, 5.74) is -0.342. The van der Waals surface area contributed by atoms with Gasteiger partial charge in [-0.2, -0.15) is 0 Å². The van der Waals surface area contributed by atoms with E-state index in [1.165, 1.54) is 0 Å². The van der Waals surface area contributed by atoms with Gasteiger partial charge in [0, 0.05) is 19.5 Å². The van der Waals surface area contributed by atoms with Crippen molar-refractivity contribution >= 4 is 23.7 Å². The molecule has 0 aliphatic rings. The number of carboxylic acids is 1. The Hall–Kier alpha value is -3.72. The Morgan fingerprint density at radius 1 is 1.19 bits per heavy atom. The Morgan fingerprint density at radius 2 is 1.85 bits per heavy atom. The Bertz CT molecular complexity index is 593. The molecule has 2 amide bonds. The van der Waals surface area contributed by atoms with E-state index in [9.17, 15) is 34.6 Å². The second-order valence-corrected chi connectivity index (χ2v) is 4.66. The first-order chi connectivity index (χ1) is 12.6. The Morgan fingerprint density at radius 3 is 2.41 bits per heavy atom. The Labute approximate surface area is 150 Å². The number of oxime groups is 1. The molecule has 27 heavy (non-hydrogen) atoms. The number of rotatable bonds is 13. The van der Waals surface area contributed by atoms with Crippen molar-refractivity contribution in [1.29, 1.82) is 0 Å². The number of carbonyl (C=O) groups excluding carboxylic acids is 2. The highest BCUT2D eigenvalue weighted by Crippen LogP contribution is 1.94. The summed E-state index contributed by atoms with van der Waals surface area (Å²) in [5, 5.41) is 33.9. The highest BCUT2D eigenvalue weighted by atomic mass is 17.0. The zero-order chi connectivity index (χ0) is 20.8. The third-order valence-electron chi connectivity index (χ3n) is 2.52. The number of hydrogen-bond donors (Lipinski definition) is 3. The van der Waals surface area contributed by atoms with Crippen LogP contribution in [0.4, 0.5) is 4.79 Å². The maximum atomic E-state index is 11.7. The van der Waals surface area contributed by atoms with E-state index in [0.29, 0.717) is 0 Å². The van der Waals surface area contributed by atoms with Crippen LogP contribution in [-0.2, 0) is 24.1 Å². The van der Waals surface area contributed by atoms with Gasteiger partial charge in [0.2, 0.25) is 0 Å². The van der Waals surface area contributed by atoms with Gasteiger partial charge < -0.3 is 25.4 Å². The van der Waals surface area contributed by atoms with Crippen molar-refractivity contribution in [2.45, 2.75) is 25.9 Å². The minimum Gasteiger partial charge on any atom is -0.481 e. The third-order valence-corrected chi connectivity index (χ3v) is 2.52. The van der Waals surface area contributed by atoms with E-state index in [0.717, 1.165) is 6.92 Å². The maximum absolute atomic E-state index is 11.7. The summed E-state index contributed by atoms with van der Waals surface area (Å²) in [4.78, 5) is 66.0. The van der Waals surface area contributed by atoms with E-state index in [1.54, 1.807) is 0 Å². The van der Waals surface area contributed by atoms with Gasteiger partial charge in [-0.1, -0.05) is 5.16 Å². The summed E-state index contributed by atoms with van der Waals surface area (Å²) in [5.74, 6) is -1.93. The molecule has 0 aromatic rings. The molecule has 0 radical (unpaired) electrons. The van der Waals surface area contributed by atoms with Crippen molar-refractivity contribution < 1.29 is 44.2 Å². The fourth-order valence-electron chi connectivity index (χ4n) is 1.34. The van der Waals surface area contributed by atoms with Gasteiger partial charge in [-0.05, 0) is 13.3 Å². The normalized spacial score (nSPS) is 11.7. The second kappa shape index (κ2) is 12.6. The van der Waals surface area contributed by atoms with Crippen molar-refractivity contribution in [2.75, 3.05) is 19.7 Å². The molecule has 0 unspecified atom stereocenters. The lowest BCUT2D eigenvalue weighted by molar-refractivity contribution is -0.789. The predicted molar refractivity (Wildman–Crippen MR) is 82.3 cm³/mol. The molecule has 0 aromatic carbocycles. The van der Waals surface area contributed by atoms with Crippen LogP contribution in [0, 0.1) is 20.2 Å². The zero-order valence-electron chi connectivity index (χ0n) is 14.0. The molecule has 0 aliphatic heterocycles. The molecule has 0 spiro atoms. The van der Waals surface area contributed by atoms with E-state index in [2.05, 4.69) is 30.3 Å². The Balaban J connectivity index is 4.33. The van der Waals surface area contributed by atoms with Crippen LogP contribution < -0.4 is 10.6 Å². The SMILES string of the molecule is C/C(=N\OC(=O)NCCCC(=O)O)C(=O)NC[C@@H](CO[N+](=O)[O-])O[N+](=O)[O-]. The van der Waals surface area contributed by atoms with Crippen LogP contribution in [0.2, 0.25) is 0 Å². The van der Waals surface area contributed by atoms with E-state index < -0.39 is 47.4 Å². The molecule has 0 fully saturated rings. The summed E-state index contributed by atoms with van der Waals surface area (Å²) in [7, 11) is 0. The quantitative estimate of drug-likeness (QED) is 0.111. The summed E-state index contributed by atoms with van der Waals surface area (Å²) in [6, 6.07) is 0. The number of hydrogen-bond acceptors (Lipinski definition) is 11. The van der Waals surface area contributed by atoms with Gasteiger partial charge in [0.15, 0.2) is 0 Å². The summed E-state index contributed by atoms with van der Waals surface area (Å²) in [6.07, 6.45) is -2.47. The molecule has 0 aromatic heterocycles. The minimum atomic E-state index is -1.46. The van der Waals surface area contributed by atoms with Gasteiger partial charge in [0.1, 0.15) is 18.4 Å². The highest BCUT2D eigenvalue weighted by Gasteiger charge is 2.18. The topological polar surface area (TPSA) is 222 Å². The molecule has 16 nitrogen and oxygen atoms in total. The standard InChI is InChI=1S/C11H17N5O11/c1-7(14-26-11(20)12-4-2-3-9(17)18)10(19)13-5-8(27-16(23)24)6-25-15(21)22/h8H,2-6H2,1H3,(H,12,20)(H,13,19)(H,17,18)/b14-7+/t8-/m0/s1. The number of carbonyl (C=O) groups is 3. The lowest BCUT2D eigenvalue weighted by atomic mass is 10.3. The van der Waals surface area contributed by atoms with Gasteiger partial charge in [-0.25, -0.2) is 4.79 Å². The van der Waals surface area contributed by atoms with Gasteiger partial charge in [-0.15, -0.1) is 20.2 Å². The molecule has 0 bridgehead atoms. The maximum Gasteiger partial charge on any atom is 0.433 e. The van der Waals surface area contributed by atoms with Crippen molar-refractivity contribution in [1.82, 2.24) is 10.6 Å². The van der Waals surface area contributed by atoms with Gasteiger partial charge in [0.25, 0.3) is 16.1 Å². The average Bonchev–Trinajstić information content (AvgIpc) is 2.57. The molecule has 1 atom stereocenters. The van der Waals surface area contributed by atoms with Crippen molar-refractivity contribution in [3.05, 3.63) is 20.2 Å². The molecule has 0 rings (SSSR count). The smallest absolute Gasteiger partial charge is 0.433 e. The number of nitrogens with one attached hydrogen (secondary N) is 2. The van der Waals surface area contributed by atoms with Gasteiger partial charge >= 0.3 is 12.1 Å². The molecule has 0 aliphatic carbocycles. The van der Waals surface area contributed by atoms with E-state index in [4.69, 9.17) is 5.11 Å². The molecule has 0 heterocycles. The fraction of sp³-hybridized carbons (Fsp3) is 0.636. The molecular weight excluding hydrogens is 378 g/mol. The van der Waals surface area contributed by atoms with Crippen LogP contribution in [0.1, 0.15) is 19.8 Å². The van der Waals surface area contributed by atoms with Crippen molar-refractivity contribution in [3.8, 4) is 0 Å². The number of amides is 2. The number of nitrogens with zero attached hydrogens (tertiary/aromatic N) is 3.